The fourth-order valence-corrected chi connectivity index (χ4v) is 3.01. The Bertz CT molecular complexity index is 991. The molecule has 0 unspecified atom stereocenters. The molecule has 0 heterocycles. The fourth-order valence-electron chi connectivity index (χ4n) is 3.01. The van der Waals surface area contributed by atoms with Crippen molar-refractivity contribution in [1.29, 1.82) is 0 Å². The fraction of sp³-hybridized carbons (Fsp3) is 0.348. The first-order valence-corrected chi connectivity index (χ1v) is 10.1. The Labute approximate surface area is 189 Å². The van der Waals surface area contributed by atoms with Gasteiger partial charge in [0, 0.05) is 12.2 Å². The molecule has 0 atom stereocenters. The van der Waals surface area contributed by atoms with E-state index < -0.39 is 29.6 Å². The van der Waals surface area contributed by atoms with E-state index in [1.54, 1.807) is 26.0 Å². The van der Waals surface area contributed by atoms with Gasteiger partial charge in [-0.25, -0.2) is 4.79 Å². The zero-order valence-corrected chi connectivity index (χ0v) is 18.5. The number of methoxy groups -OCH3 is 1. The quantitative estimate of drug-likeness (QED) is 0.566. The molecule has 0 aliphatic carbocycles. The smallest absolute Gasteiger partial charge is 0.416 e. The van der Waals surface area contributed by atoms with Gasteiger partial charge in [0.2, 0.25) is 5.91 Å². The van der Waals surface area contributed by atoms with E-state index in [1.165, 1.54) is 30.2 Å². The third kappa shape index (κ3) is 7.90. The lowest BCUT2D eigenvalue weighted by molar-refractivity contribution is -0.144. The van der Waals surface area contributed by atoms with E-state index in [-0.39, 0.29) is 31.8 Å². The molecule has 33 heavy (non-hydrogen) atoms. The van der Waals surface area contributed by atoms with Crippen LogP contribution < -0.4 is 5.32 Å². The van der Waals surface area contributed by atoms with Crippen LogP contribution in [0.2, 0.25) is 0 Å². The molecular formula is C23H25F3N2O5. The van der Waals surface area contributed by atoms with Crippen LogP contribution in [0.3, 0.4) is 0 Å². The third-order valence-electron chi connectivity index (χ3n) is 4.65. The maximum Gasteiger partial charge on any atom is 0.416 e. The topological polar surface area (TPSA) is 84.9 Å². The molecule has 2 rings (SSSR count). The first-order valence-electron chi connectivity index (χ1n) is 10.1. The summed E-state index contributed by atoms with van der Waals surface area (Å²) in [5, 5.41) is 2.69. The van der Waals surface area contributed by atoms with Crippen LogP contribution >= 0.6 is 0 Å². The second kappa shape index (κ2) is 11.5. The van der Waals surface area contributed by atoms with E-state index in [4.69, 9.17) is 4.74 Å². The standard InChI is InChI=1S/C23H25F3N2O5/c1-4-33-21(30)14-28(12-16-6-9-18(10-7-16)23(24,25)26)13-20(29)27-19-11-17(22(31)32-3)8-5-15(19)2/h5-11H,4,12-14H2,1-3H3,(H,27,29). The number of carbonyl (C=O) groups excluding carboxylic acids is 3. The summed E-state index contributed by atoms with van der Waals surface area (Å²) in [6.07, 6.45) is -4.46. The van der Waals surface area contributed by atoms with E-state index in [0.29, 0.717) is 16.8 Å². The molecule has 0 fully saturated rings. The average Bonchev–Trinajstić information content (AvgIpc) is 2.74. The zero-order chi connectivity index (χ0) is 24.6. The summed E-state index contributed by atoms with van der Waals surface area (Å²) in [5.41, 5.74) is 1.06. The number of halogens is 3. The molecular weight excluding hydrogens is 441 g/mol. The van der Waals surface area contributed by atoms with Crippen LogP contribution in [-0.2, 0) is 31.8 Å². The Morgan fingerprint density at radius 2 is 1.70 bits per heavy atom. The molecule has 10 heteroatoms. The summed E-state index contributed by atoms with van der Waals surface area (Å²) < 4.78 is 48.0. The van der Waals surface area contributed by atoms with Crippen molar-refractivity contribution in [2.45, 2.75) is 26.6 Å². The van der Waals surface area contributed by atoms with Crippen LogP contribution in [0.15, 0.2) is 42.5 Å². The van der Waals surface area contributed by atoms with Crippen LogP contribution in [0.5, 0.6) is 0 Å². The van der Waals surface area contributed by atoms with Crippen LogP contribution in [0.4, 0.5) is 18.9 Å². The number of hydrogen-bond donors (Lipinski definition) is 1. The zero-order valence-electron chi connectivity index (χ0n) is 18.5. The predicted molar refractivity (Wildman–Crippen MR) is 115 cm³/mol. The molecule has 0 aliphatic heterocycles. The largest absolute Gasteiger partial charge is 0.465 e. The first-order chi connectivity index (χ1) is 15.5. The van der Waals surface area contributed by atoms with Crippen molar-refractivity contribution in [3.63, 3.8) is 0 Å². The summed E-state index contributed by atoms with van der Waals surface area (Å²) in [6, 6.07) is 9.17. The normalized spacial score (nSPS) is 11.2. The van der Waals surface area contributed by atoms with Crippen molar-refractivity contribution in [1.82, 2.24) is 4.90 Å². The number of amides is 1. The van der Waals surface area contributed by atoms with Gasteiger partial charge < -0.3 is 14.8 Å². The molecule has 0 aromatic heterocycles. The first kappa shape index (κ1) is 25.9. The molecule has 1 amide bonds. The third-order valence-corrected chi connectivity index (χ3v) is 4.65. The van der Waals surface area contributed by atoms with Crippen LogP contribution in [-0.4, -0.2) is 49.6 Å². The van der Waals surface area contributed by atoms with E-state index in [1.807, 2.05) is 0 Å². The van der Waals surface area contributed by atoms with E-state index >= 15 is 0 Å². The average molecular weight is 466 g/mol. The molecule has 2 aromatic rings. The SMILES string of the molecule is CCOC(=O)CN(CC(=O)Nc1cc(C(=O)OC)ccc1C)Cc1ccc(C(F)(F)F)cc1. The van der Waals surface area contributed by atoms with E-state index in [9.17, 15) is 27.6 Å². The molecule has 178 valence electrons. The Balaban J connectivity index is 2.15. The molecule has 0 saturated heterocycles. The summed E-state index contributed by atoms with van der Waals surface area (Å²) in [6.45, 7) is 3.12. The number of ether oxygens (including phenoxy) is 2. The maximum absolute atomic E-state index is 12.8. The van der Waals surface area contributed by atoms with E-state index in [2.05, 4.69) is 10.1 Å². The molecule has 0 spiro atoms. The van der Waals surface area contributed by atoms with Gasteiger partial charge in [-0.1, -0.05) is 18.2 Å². The molecule has 0 bridgehead atoms. The molecule has 0 radical (unpaired) electrons. The Kier molecular flexibility index (Phi) is 8.98. The number of hydrogen-bond acceptors (Lipinski definition) is 6. The van der Waals surface area contributed by atoms with Crippen molar-refractivity contribution < 1.29 is 37.0 Å². The second-order valence-corrected chi connectivity index (χ2v) is 7.21. The maximum atomic E-state index is 12.8. The molecule has 0 saturated carbocycles. The summed E-state index contributed by atoms with van der Waals surface area (Å²) >= 11 is 0. The van der Waals surface area contributed by atoms with Gasteiger partial charge in [0.1, 0.15) is 0 Å². The minimum Gasteiger partial charge on any atom is -0.465 e. The number of rotatable bonds is 9. The van der Waals surface area contributed by atoms with Crippen molar-refractivity contribution in [2.24, 2.45) is 0 Å². The van der Waals surface area contributed by atoms with Gasteiger partial charge in [0.25, 0.3) is 0 Å². The predicted octanol–water partition coefficient (Wildman–Crippen LogP) is 3.80. The molecule has 0 aliphatic rings. The van der Waals surface area contributed by atoms with Crippen molar-refractivity contribution in [2.75, 3.05) is 32.1 Å². The lowest BCUT2D eigenvalue weighted by Gasteiger charge is -2.21. The van der Waals surface area contributed by atoms with Crippen LogP contribution in [0.25, 0.3) is 0 Å². The summed E-state index contributed by atoms with van der Waals surface area (Å²) in [5.74, 6) is -1.60. The second-order valence-electron chi connectivity index (χ2n) is 7.21. The highest BCUT2D eigenvalue weighted by Crippen LogP contribution is 2.29. The number of aryl methyl sites for hydroxylation is 1. The van der Waals surface area contributed by atoms with Gasteiger partial charge in [-0.05, 0) is 49.2 Å². The van der Waals surface area contributed by atoms with Crippen LogP contribution in [0, 0.1) is 6.92 Å². The molecule has 1 N–H and O–H groups in total. The van der Waals surface area contributed by atoms with Gasteiger partial charge in [-0.2, -0.15) is 13.2 Å². The Hall–Kier alpha value is -3.40. The lowest BCUT2D eigenvalue weighted by Crippen LogP contribution is -2.37. The summed E-state index contributed by atoms with van der Waals surface area (Å²) in [7, 11) is 1.24. The van der Waals surface area contributed by atoms with Gasteiger partial charge in [0.15, 0.2) is 0 Å². The Morgan fingerprint density at radius 1 is 1.03 bits per heavy atom. The van der Waals surface area contributed by atoms with Gasteiger partial charge in [0.05, 0.1) is 37.9 Å². The van der Waals surface area contributed by atoms with Gasteiger partial charge >= 0.3 is 18.1 Å². The highest BCUT2D eigenvalue weighted by atomic mass is 19.4. The molecule has 7 nitrogen and oxygen atoms in total. The summed E-state index contributed by atoms with van der Waals surface area (Å²) in [4.78, 5) is 37.9. The molecule has 2 aromatic carbocycles. The minimum absolute atomic E-state index is 0.0472. The highest BCUT2D eigenvalue weighted by Gasteiger charge is 2.30. The number of nitrogens with one attached hydrogen (secondary N) is 1. The number of benzene rings is 2. The number of alkyl halides is 3. The number of nitrogens with zero attached hydrogens (tertiary/aromatic N) is 1. The lowest BCUT2D eigenvalue weighted by atomic mass is 10.1. The monoisotopic (exact) mass is 466 g/mol. The van der Waals surface area contributed by atoms with E-state index in [0.717, 1.165) is 12.1 Å². The van der Waals surface area contributed by atoms with Gasteiger partial charge in [-0.3, -0.25) is 14.5 Å². The minimum atomic E-state index is -4.46. The van der Waals surface area contributed by atoms with Crippen molar-refractivity contribution in [3.05, 3.63) is 64.7 Å². The highest BCUT2D eigenvalue weighted by molar-refractivity contribution is 5.96. The Morgan fingerprint density at radius 3 is 2.27 bits per heavy atom. The van der Waals surface area contributed by atoms with Crippen molar-refractivity contribution >= 4 is 23.5 Å². The van der Waals surface area contributed by atoms with Gasteiger partial charge in [-0.15, -0.1) is 0 Å². The number of carbonyl (C=O) groups is 3. The number of esters is 2. The van der Waals surface area contributed by atoms with Crippen LogP contribution in [0.1, 0.15) is 34.0 Å². The van der Waals surface area contributed by atoms with Crippen molar-refractivity contribution in [3.8, 4) is 0 Å². The number of anilines is 1.